The third-order valence-electron chi connectivity index (χ3n) is 1.54. The smallest absolute Gasteiger partial charge is 0.333 e. The van der Waals surface area contributed by atoms with Crippen LogP contribution in [0.15, 0.2) is 30.3 Å². The minimum Gasteiger partial charge on any atom is -0.481 e. The van der Waals surface area contributed by atoms with Crippen molar-refractivity contribution in [3.63, 3.8) is 0 Å². The second-order valence-corrected chi connectivity index (χ2v) is 3.10. The molecule has 1 unspecified atom stereocenters. The number of rotatable bonds is 4. The number of aliphatic hydroxyl groups excluding tert-OH is 1. The molecule has 0 aromatic heterocycles. The van der Waals surface area contributed by atoms with Crippen molar-refractivity contribution in [2.24, 2.45) is 0 Å². The number of anilines is 1. The molecule has 1 aromatic carbocycles. The number of carboxylic acid groups (broad SMARTS) is 2. The monoisotopic (exact) mass is 261 g/mol. The fourth-order valence-electron chi connectivity index (χ4n) is 0.754. The Morgan fingerprint density at radius 3 is 2.00 bits per heavy atom. The van der Waals surface area contributed by atoms with E-state index < -0.39 is 24.5 Å². The summed E-state index contributed by atoms with van der Waals surface area (Å²) in [4.78, 5) is 21.9. The van der Waals surface area contributed by atoms with Gasteiger partial charge in [-0.1, -0.05) is 18.2 Å². The Kier molecular flexibility index (Phi) is 7.49. The van der Waals surface area contributed by atoms with Gasteiger partial charge >= 0.3 is 11.9 Å². The fraction of sp³-hybridized carbons (Fsp3) is 0.200. The number of benzene rings is 1. The zero-order valence-corrected chi connectivity index (χ0v) is 9.46. The van der Waals surface area contributed by atoms with E-state index in [9.17, 15) is 9.59 Å². The molecule has 0 aliphatic rings. The van der Waals surface area contributed by atoms with E-state index in [1.165, 1.54) is 0 Å². The molecule has 0 saturated heterocycles. The Hall–Kier alpha value is -1.79. The van der Waals surface area contributed by atoms with Crippen LogP contribution >= 0.6 is 11.8 Å². The van der Waals surface area contributed by atoms with Crippen molar-refractivity contribution >= 4 is 29.4 Å². The molecule has 94 valence electrons. The molecule has 4 N–H and O–H groups in total. The molecule has 0 heterocycles. The molecule has 0 spiro atoms. The van der Waals surface area contributed by atoms with Gasteiger partial charge in [-0.2, -0.15) is 0 Å². The highest BCUT2D eigenvalue weighted by molar-refractivity contribution is 6.23. The quantitative estimate of drug-likeness (QED) is 0.606. The van der Waals surface area contributed by atoms with Crippen LogP contribution in [0, 0.1) is 0 Å². The maximum Gasteiger partial charge on any atom is 0.333 e. The Balaban J connectivity index is 0.000000302. The van der Waals surface area contributed by atoms with Crippen molar-refractivity contribution in [2.45, 2.75) is 12.5 Å². The summed E-state index contributed by atoms with van der Waals surface area (Å²) < 4.78 is 0. The first-order chi connectivity index (χ1) is 7.97. The van der Waals surface area contributed by atoms with E-state index in [0.717, 1.165) is 5.69 Å². The third-order valence-corrected chi connectivity index (χ3v) is 1.75. The van der Waals surface area contributed by atoms with E-state index in [0.29, 0.717) is 0 Å². The maximum absolute atomic E-state index is 9.72. The van der Waals surface area contributed by atoms with Crippen LogP contribution in [0.1, 0.15) is 6.42 Å². The Morgan fingerprint density at radius 2 is 1.76 bits per heavy atom. The predicted molar refractivity (Wildman–Crippen MR) is 61.8 cm³/mol. The molecule has 0 saturated carbocycles. The normalized spacial score (nSPS) is 10.7. The Morgan fingerprint density at radius 1 is 1.24 bits per heavy atom. The van der Waals surface area contributed by atoms with Crippen LogP contribution in [-0.2, 0) is 9.59 Å². The highest BCUT2D eigenvalue weighted by Gasteiger charge is 2.16. The molecule has 0 radical (unpaired) electrons. The summed E-state index contributed by atoms with van der Waals surface area (Å²) in [5.41, 5.74) is 0.925. The van der Waals surface area contributed by atoms with Crippen LogP contribution in [0.4, 0.5) is 5.69 Å². The summed E-state index contributed by atoms with van der Waals surface area (Å²) in [6.45, 7) is 0. The summed E-state index contributed by atoms with van der Waals surface area (Å²) in [5, 5.41) is 24.1. The zero-order valence-electron chi connectivity index (χ0n) is 8.71. The van der Waals surface area contributed by atoms with Crippen molar-refractivity contribution in [3.8, 4) is 0 Å². The third kappa shape index (κ3) is 8.06. The average molecular weight is 262 g/mol. The molecule has 1 rings (SSSR count). The van der Waals surface area contributed by atoms with Crippen LogP contribution < -0.4 is 4.84 Å². The second kappa shape index (κ2) is 8.37. The summed E-state index contributed by atoms with van der Waals surface area (Å²) in [6, 6.07) is 9.58. The lowest BCUT2D eigenvalue weighted by atomic mass is 10.3. The van der Waals surface area contributed by atoms with Crippen LogP contribution in [0.3, 0.4) is 0 Å². The van der Waals surface area contributed by atoms with Crippen LogP contribution in [0.2, 0.25) is 0 Å². The predicted octanol–water partition coefficient (Wildman–Crippen LogP) is 1.16. The van der Waals surface area contributed by atoms with Gasteiger partial charge in [0.25, 0.3) is 0 Å². The SMILES string of the molecule is ClNc1ccccc1.O=C(O)CC(O)C(=O)O. The number of carbonyl (C=O) groups is 2. The van der Waals surface area contributed by atoms with Gasteiger partial charge in [0.05, 0.1) is 6.42 Å². The van der Waals surface area contributed by atoms with Crippen molar-refractivity contribution in [1.29, 1.82) is 0 Å². The molecule has 0 aliphatic heterocycles. The lowest BCUT2D eigenvalue weighted by molar-refractivity contribution is -0.152. The van der Waals surface area contributed by atoms with E-state index in [1.807, 2.05) is 30.3 Å². The van der Waals surface area contributed by atoms with Gasteiger partial charge in [0, 0.05) is 17.5 Å². The van der Waals surface area contributed by atoms with Gasteiger partial charge in [-0.05, 0) is 12.1 Å². The first-order valence-corrected chi connectivity index (χ1v) is 4.89. The molecule has 0 amide bonds. The maximum atomic E-state index is 9.72. The number of hydrogen-bond donors (Lipinski definition) is 4. The molecular weight excluding hydrogens is 250 g/mol. The summed E-state index contributed by atoms with van der Waals surface area (Å²) in [5.74, 6) is -2.85. The number of halogens is 1. The number of para-hydroxylation sites is 1. The minimum atomic E-state index is -1.79. The van der Waals surface area contributed by atoms with Gasteiger partial charge in [-0.15, -0.1) is 0 Å². The fourth-order valence-corrected chi connectivity index (χ4v) is 0.880. The molecule has 1 aromatic rings. The van der Waals surface area contributed by atoms with Crippen LogP contribution in [0.5, 0.6) is 0 Å². The Labute approximate surface area is 103 Å². The van der Waals surface area contributed by atoms with Crippen LogP contribution in [-0.4, -0.2) is 33.4 Å². The zero-order chi connectivity index (χ0) is 13.3. The molecule has 0 fully saturated rings. The summed E-state index contributed by atoms with van der Waals surface area (Å²) >= 11 is 5.28. The molecule has 7 heteroatoms. The number of carboxylic acids is 2. The summed E-state index contributed by atoms with van der Waals surface area (Å²) in [6.07, 6.45) is -2.54. The van der Waals surface area contributed by atoms with Gasteiger partial charge in [-0.3, -0.25) is 9.63 Å². The lowest BCUT2D eigenvalue weighted by Crippen LogP contribution is -2.22. The van der Waals surface area contributed by atoms with Crippen molar-refractivity contribution in [2.75, 3.05) is 4.84 Å². The van der Waals surface area contributed by atoms with E-state index in [1.54, 1.807) is 0 Å². The topological polar surface area (TPSA) is 107 Å². The molecule has 1 atom stereocenters. The number of aliphatic hydroxyl groups is 1. The molecule has 17 heavy (non-hydrogen) atoms. The van der Waals surface area contributed by atoms with Gasteiger partial charge in [0.2, 0.25) is 0 Å². The summed E-state index contributed by atoms with van der Waals surface area (Å²) in [7, 11) is 0. The lowest BCUT2D eigenvalue weighted by Gasteiger charge is -1.97. The number of aliphatic carboxylic acids is 2. The first-order valence-electron chi connectivity index (χ1n) is 4.51. The number of nitrogens with one attached hydrogen (secondary N) is 1. The van der Waals surface area contributed by atoms with Gasteiger partial charge in [-0.25, -0.2) is 4.79 Å². The highest BCUT2D eigenvalue weighted by atomic mass is 35.5. The first kappa shape index (κ1) is 15.2. The molecular formula is C10H12ClNO5. The van der Waals surface area contributed by atoms with Crippen LogP contribution in [0.25, 0.3) is 0 Å². The van der Waals surface area contributed by atoms with Gasteiger partial charge < -0.3 is 15.3 Å². The average Bonchev–Trinajstić information content (AvgIpc) is 2.30. The second-order valence-electron chi connectivity index (χ2n) is 2.91. The molecule has 0 aliphatic carbocycles. The van der Waals surface area contributed by atoms with Crippen molar-refractivity contribution < 1.29 is 24.9 Å². The molecule has 6 nitrogen and oxygen atoms in total. The van der Waals surface area contributed by atoms with E-state index in [-0.39, 0.29) is 0 Å². The highest BCUT2D eigenvalue weighted by Crippen LogP contribution is 2.04. The van der Waals surface area contributed by atoms with Gasteiger partial charge in [0.1, 0.15) is 0 Å². The standard InChI is InChI=1S/C6H6ClN.C4H6O5/c7-8-6-4-2-1-3-5-6;5-2(4(8)9)1-3(6)7/h1-5,8H;2,5H,1H2,(H,6,7)(H,8,9). The van der Waals surface area contributed by atoms with Gasteiger partial charge in [0.15, 0.2) is 6.10 Å². The number of hydrogen-bond acceptors (Lipinski definition) is 4. The minimum absolute atomic E-state index is 0.755. The van der Waals surface area contributed by atoms with Crippen molar-refractivity contribution in [1.82, 2.24) is 0 Å². The molecule has 0 bridgehead atoms. The van der Waals surface area contributed by atoms with Crippen molar-refractivity contribution in [3.05, 3.63) is 30.3 Å². The van der Waals surface area contributed by atoms with E-state index >= 15 is 0 Å². The Bertz CT molecular complexity index is 357. The van der Waals surface area contributed by atoms with E-state index in [4.69, 9.17) is 27.1 Å². The van der Waals surface area contributed by atoms with E-state index in [2.05, 4.69) is 4.84 Å². The largest absolute Gasteiger partial charge is 0.481 e.